The van der Waals surface area contributed by atoms with Gasteiger partial charge in [0.15, 0.2) is 11.0 Å². The van der Waals surface area contributed by atoms with Crippen LogP contribution in [0.1, 0.15) is 24.2 Å². The summed E-state index contributed by atoms with van der Waals surface area (Å²) >= 11 is 11.2. The lowest BCUT2D eigenvalue weighted by Crippen LogP contribution is -2.17. The van der Waals surface area contributed by atoms with Crippen LogP contribution in [0.4, 0.5) is 4.39 Å². The molecule has 0 saturated heterocycles. The average molecular weight is 336 g/mol. The molecule has 0 bridgehead atoms. The molecule has 0 atom stereocenters. The van der Waals surface area contributed by atoms with E-state index in [2.05, 4.69) is 4.98 Å². The molecule has 21 heavy (non-hydrogen) atoms. The van der Waals surface area contributed by atoms with E-state index in [4.69, 9.17) is 32.7 Å². The molecule has 1 heterocycles. The number of carbonyl (C=O) groups is 2. The van der Waals surface area contributed by atoms with Crippen molar-refractivity contribution < 1.29 is 23.5 Å². The molecule has 5 nitrogen and oxygen atoms in total. The van der Waals surface area contributed by atoms with E-state index in [9.17, 15) is 14.0 Å². The number of rotatable bonds is 6. The van der Waals surface area contributed by atoms with E-state index in [1.807, 2.05) is 0 Å². The fourth-order valence-corrected chi connectivity index (χ4v) is 1.73. The maximum Gasteiger partial charge on any atom is 0.345 e. The number of aromatic nitrogens is 1. The summed E-state index contributed by atoms with van der Waals surface area (Å²) in [7, 11) is 0. The van der Waals surface area contributed by atoms with Gasteiger partial charge in [-0.15, -0.1) is 0 Å². The molecule has 0 radical (unpaired) electrons. The minimum Gasteiger partial charge on any atom is -0.500 e. The molecule has 114 valence electrons. The maximum absolute atomic E-state index is 13.4. The molecule has 0 unspecified atom stereocenters. The quantitative estimate of drug-likeness (QED) is 0.152. The summed E-state index contributed by atoms with van der Waals surface area (Å²) in [6, 6.07) is 0.805. The number of carbonyl (C=O) groups excluding carboxylic acids is 2. The van der Waals surface area contributed by atoms with Crippen LogP contribution in [0.5, 0.6) is 0 Å². The van der Waals surface area contributed by atoms with Crippen molar-refractivity contribution in [1.82, 2.24) is 4.98 Å². The van der Waals surface area contributed by atoms with E-state index in [-0.39, 0.29) is 23.9 Å². The number of Topliss-reactive ketones (excluding diaryl/α,β-unsaturated/α-hetero) is 1. The molecule has 0 spiro atoms. The third-order valence-electron chi connectivity index (χ3n) is 2.24. The van der Waals surface area contributed by atoms with E-state index >= 15 is 0 Å². The van der Waals surface area contributed by atoms with Crippen LogP contribution in [-0.2, 0) is 14.3 Å². The van der Waals surface area contributed by atoms with Crippen molar-refractivity contribution in [3.63, 3.8) is 0 Å². The Balaban J connectivity index is 3.23. The zero-order valence-electron chi connectivity index (χ0n) is 11.3. The molecule has 0 saturated carbocycles. The van der Waals surface area contributed by atoms with E-state index in [0.29, 0.717) is 0 Å². The molecule has 0 aliphatic carbocycles. The number of hydrogen-bond donors (Lipinski definition) is 0. The number of halogens is 3. The first-order valence-corrected chi connectivity index (χ1v) is 6.73. The maximum atomic E-state index is 13.4. The summed E-state index contributed by atoms with van der Waals surface area (Å²) in [5.74, 6) is -2.69. The van der Waals surface area contributed by atoms with Crippen molar-refractivity contribution in [2.75, 3.05) is 13.2 Å². The molecule has 1 rings (SSSR count). The smallest absolute Gasteiger partial charge is 0.345 e. The van der Waals surface area contributed by atoms with Crippen molar-refractivity contribution >= 4 is 35.0 Å². The lowest BCUT2D eigenvalue weighted by molar-refractivity contribution is -0.138. The number of ketones is 1. The van der Waals surface area contributed by atoms with Crippen LogP contribution in [-0.4, -0.2) is 30.0 Å². The summed E-state index contributed by atoms with van der Waals surface area (Å²) < 4.78 is 23.1. The largest absolute Gasteiger partial charge is 0.500 e. The molecule has 0 aliphatic heterocycles. The normalized spacial score (nSPS) is 11.2. The third-order valence-corrected chi connectivity index (χ3v) is 2.79. The molecule has 0 aromatic carbocycles. The highest BCUT2D eigenvalue weighted by molar-refractivity contribution is 6.37. The summed E-state index contributed by atoms with van der Waals surface area (Å²) in [4.78, 5) is 27.5. The third kappa shape index (κ3) is 4.41. The standard InChI is InChI=1S/C13H12Cl2FNO4/c1-3-20-6-8(13(19)21-4-2)10(18)7-5-9(16)12(15)17-11(7)14/h5-6H,3-4H2,1-2H3/b8-6-. The second-order valence-electron chi connectivity index (χ2n) is 3.64. The Morgan fingerprint density at radius 3 is 2.52 bits per heavy atom. The van der Waals surface area contributed by atoms with Gasteiger partial charge in [0.2, 0.25) is 5.78 Å². The van der Waals surface area contributed by atoms with Gasteiger partial charge in [-0.2, -0.15) is 0 Å². The summed E-state index contributed by atoms with van der Waals surface area (Å²) in [6.45, 7) is 3.55. The van der Waals surface area contributed by atoms with Crippen molar-refractivity contribution in [2.45, 2.75) is 13.8 Å². The highest BCUT2D eigenvalue weighted by atomic mass is 35.5. The van der Waals surface area contributed by atoms with Crippen molar-refractivity contribution in [3.05, 3.63) is 39.6 Å². The first-order chi connectivity index (χ1) is 9.92. The van der Waals surface area contributed by atoms with Gasteiger partial charge in [0.1, 0.15) is 17.0 Å². The van der Waals surface area contributed by atoms with Gasteiger partial charge in [-0.1, -0.05) is 23.2 Å². The van der Waals surface area contributed by atoms with Crippen molar-refractivity contribution in [1.29, 1.82) is 0 Å². The molecule has 0 fully saturated rings. The number of pyridine rings is 1. The summed E-state index contributed by atoms with van der Waals surface area (Å²) in [6.07, 6.45) is 0.948. The monoisotopic (exact) mass is 335 g/mol. The van der Waals surface area contributed by atoms with Crippen LogP contribution < -0.4 is 0 Å². The number of nitrogens with zero attached hydrogens (tertiary/aromatic N) is 1. The number of ether oxygens (including phenoxy) is 2. The second-order valence-corrected chi connectivity index (χ2v) is 4.35. The van der Waals surface area contributed by atoms with Crippen molar-refractivity contribution in [3.8, 4) is 0 Å². The Kier molecular flexibility index (Phi) is 6.58. The molecule has 0 N–H and O–H groups in total. The Bertz CT molecular complexity index is 590. The highest BCUT2D eigenvalue weighted by Gasteiger charge is 2.25. The van der Waals surface area contributed by atoms with Gasteiger partial charge >= 0.3 is 5.97 Å². The predicted molar refractivity (Wildman–Crippen MR) is 74.9 cm³/mol. The lowest BCUT2D eigenvalue weighted by Gasteiger charge is -2.08. The molecular formula is C13H12Cl2FNO4. The topological polar surface area (TPSA) is 65.5 Å². The average Bonchev–Trinajstić information content (AvgIpc) is 2.43. The van der Waals surface area contributed by atoms with Gasteiger partial charge in [-0.05, 0) is 19.9 Å². The lowest BCUT2D eigenvalue weighted by atomic mass is 10.1. The Labute approximate surface area is 130 Å². The van der Waals surface area contributed by atoms with Gasteiger partial charge in [0.25, 0.3) is 0 Å². The Hall–Kier alpha value is -1.66. The van der Waals surface area contributed by atoms with E-state index in [1.165, 1.54) is 0 Å². The second kappa shape index (κ2) is 7.95. The van der Waals surface area contributed by atoms with Gasteiger partial charge in [-0.25, -0.2) is 14.2 Å². The van der Waals surface area contributed by atoms with Crippen LogP contribution in [0.25, 0.3) is 0 Å². The molecule has 1 aromatic heterocycles. The SMILES string of the molecule is CCO/C=C(\C(=O)OCC)C(=O)c1cc(F)c(Cl)nc1Cl. The van der Waals surface area contributed by atoms with Crippen LogP contribution in [0.15, 0.2) is 17.9 Å². The van der Waals surface area contributed by atoms with E-state index in [0.717, 1.165) is 12.3 Å². The van der Waals surface area contributed by atoms with Gasteiger partial charge in [0.05, 0.1) is 18.8 Å². The number of esters is 1. The van der Waals surface area contributed by atoms with Crippen molar-refractivity contribution in [2.24, 2.45) is 0 Å². The van der Waals surface area contributed by atoms with Crippen LogP contribution >= 0.6 is 23.2 Å². The fourth-order valence-electron chi connectivity index (χ4n) is 1.32. The zero-order valence-corrected chi connectivity index (χ0v) is 12.8. The minimum absolute atomic E-state index is 0.0660. The Morgan fingerprint density at radius 1 is 1.29 bits per heavy atom. The van der Waals surface area contributed by atoms with Crippen LogP contribution in [0.2, 0.25) is 10.3 Å². The molecule has 1 aromatic rings. The minimum atomic E-state index is -0.927. The molecule has 0 aliphatic rings. The molecule has 8 heteroatoms. The number of hydrogen-bond acceptors (Lipinski definition) is 5. The first kappa shape index (κ1) is 17.4. The Morgan fingerprint density at radius 2 is 1.95 bits per heavy atom. The predicted octanol–water partition coefficient (Wildman–Crippen LogP) is 3.19. The first-order valence-electron chi connectivity index (χ1n) is 5.97. The van der Waals surface area contributed by atoms with Gasteiger partial charge < -0.3 is 9.47 Å². The van der Waals surface area contributed by atoms with E-state index in [1.54, 1.807) is 13.8 Å². The van der Waals surface area contributed by atoms with Gasteiger partial charge in [0, 0.05) is 0 Å². The highest BCUT2D eigenvalue weighted by Crippen LogP contribution is 2.23. The van der Waals surface area contributed by atoms with Crippen LogP contribution in [0, 0.1) is 5.82 Å². The summed E-state index contributed by atoms with van der Waals surface area (Å²) in [5.41, 5.74) is -0.721. The van der Waals surface area contributed by atoms with Gasteiger partial charge in [-0.3, -0.25) is 4.79 Å². The van der Waals surface area contributed by atoms with E-state index < -0.39 is 28.3 Å². The summed E-state index contributed by atoms with van der Waals surface area (Å²) in [5, 5.41) is -0.791. The molecular weight excluding hydrogens is 324 g/mol. The molecule has 0 amide bonds. The fraction of sp³-hybridized carbons (Fsp3) is 0.308. The van der Waals surface area contributed by atoms with Crippen LogP contribution in [0.3, 0.4) is 0 Å². The zero-order chi connectivity index (χ0) is 16.0.